The smallest absolute Gasteiger partial charge is 0.129 e. The van der Waals surface area contributed by atoms with Gasteiger partial charge in [-0.25, -0.2) is 4.39 Å². The number of benzene rings is 1. The Morgan fingerprint density at radius 3 is 2.81 bits per heavy atom. The molecule has 0 spiro atoms. The van der Waals surface area contributed by atoms with E-state index in [0.29, 0.717) is 19.1 Å². The van der Waals surface area contributed by atoms with Crippen LogP contribution in [-0.4, -0.2) is 31.8 Å². The molecule has 1 aromatic rings. The Bertz CT molecular complexity index is 474. The highest BCUT2D eigenvalue weighted by Gasteiger charge is 2.28. The largest absolute Gasteiger partial charge is 0.372 e. The summed E-state index contributed by atoms with van der Waals surface area (Å²) < 4.78 is 20.0. The normalized spacial score (nSPS) is 18.3. The molecule has 3 nitrogen and oxygen atoms in total. The number of anilines is 1. The summed E-state index contributed by atoms with van der Waals surface area (Å²) in [5.74, 6) is 0.426. The first kappa shape index (κ1) is 16.2. The number of hydrogen-bond acceptors (Lipinski definition) is 3. The van der Waals surface area contributed by atoms with Gasteiger partial charge in [0.15, 0.2) is 0 Å². The van der Waals surface area contributed by atoms with Crippen LogP contribution in [0.1, 0.15) is 33.3 Å². The van der Waals surface area contributed by atoms with Gasteiger partial charge in [0.05, 0.1) is 12.2 Å². The molecule has 0 bridgehead atoms. The number of rotatable bonds is 5. The van der Waals surface area contributed by atoms with Crippen molar-refractivity contribution in [2.24, 2.45) is 5.92 Å². The first-order chi connectivity index (χ1) is 9.89. The Morgan fingerprint density at radius 1 is 1.38 bits per heavy atom. The summed E-state index contributed by atoms with van der Waals surface area (Å²) in [6, 6.07) is 5.34. The average molecular weight is 294 g/mol. The number of morpholine rings is 1. The SMILES string of the molecule is CC(C)CNCc1c(F)cccc1N1CCOC(C)(C)C1. The number of nitrogens with one attached hydrogen (secondary N) is 1. The van der Waals surface area contributed by atoms with Crippen molar-refractivity contribution in [3.63, 3.8) is 0 Å². The van der Waals surface area contributed by atoms with Crippen molar-refractivity contribution in [1.82, 2.24) is 5.32 Å². The molecule has 21 heavy (non-hydrogen) atoms. The standard InChI is InChI=1S/C17H27FN2O/c1-13(2)10-19-11-14-15(18)6-5-7-16(14)20-8-9-21-17(3,4)12-20/h5-7,13,19H,8-12H2,1-4H3. The van der Waals surface area contributed by atoms with Crippen molar-refractivity contribution in [2.75, 3.05) is 31.1 Å². The van der Waals surface area contributed by atoms with Gasteiger partial charge in [0.25, 0.3) is 0 Å². The van der Waals surface area contributed by atoms with Crippen LogP contribution in [0.5, 0.6) is 0 Å². The highest BCUT2D eigenvalue weighted by atomic mass is 19.1. The summed E-state index contributed by atoms with van der Waals surface area (Å²) in [4.78, 5) is 2.24. The van der Waals surface area contributed by atoms with Crippen molar-refractivity contribution in [1.29, 1.82) is 0 Å². The zero-order valence-corrected chi connectivity index (χ0v) is 13.6. The molecular formula is C17H27FN2O. The number of halogens is 1. The Balaban J connectivity index is 2.16. The van der Waals surface area contributed by atoms with Crippen LogP contribution in [0.25, 0.3) is 0 Å². The quantitative estimate of drug-likeness (QED) is 0.902. The molecule has 1 fully saturated rings. The Labute approximate surface area is 127 Å². The molecular weight excluding hydrogens is 267 g/mol. The zero-order valence-electron chi connectivity index (χ0n) is 13.6. The molecule has 0 atom stereocenters. The predicted molar refractivity (Wildman–Crippen MR) is 85.2 cm³/mol. The lowest BCUT2D eigenvalue weighted by molar-refractivity contribution is -0.0277. The van der Waals surface area contributed by atoms with E-state index in [9.17, 15) is 4.39 Å². The van der Waals surface area contributed by atoms with Crippen LogP contribution in [0.4, 0.5) is 10.1 Å². The third kappa shape index (κ3) is 4.42. The van der Waals surface area contributed by atoms with Gasteiger partial charge < -0.3 is 15.0 Å². The molecule has 0 unspecified atom stereocenters. The summed E-state index contributed by atoms with van der Waals surface area (Å²) in [6.45, 7) is 12.2. The molecule has 1 heterocycles. The third-order valence-electron chi connectivity index (χ3n) is 3.71. The number of hydrogen-bond donors (Lipinski definition) is 1. The van der Waals surface area contributed by atoms with Gasteiger partial charge in [-0.05, 0) is 38.4 Å². The van der Waals surface area contributed by atoms with E-state index in [-0.39, 0.29) is 11.4 Å². The van der Waals surface area contributed by atoms with Crippen molar-refractivity contribution < 1.29 is 9.13 Å². The minimum absolute atomic E-state index is 0.131. The lowest BCUT2D eigenvalue weighted by Crippen LogP contribution is -2.48. The fourth-order valence-electron chi connectivity index (χ4n) is 2.73. The van der Waals surface area contributed by atoms with E-state index in [2.05, 4.69) is 37.9 Å². The van der Waals surface area contributed by atoms with Gasteiger partial charge in [-0.2, -0.15) is 0 Å². The summed E-state index contributed by atoms with van der Waals surface area (Å²) in [5, 5.41) is 3.34. The first-order valence-electron chi connectivity index (χ1n) is 7.76. The van der Waals surface area contributed by atoms with E-state index in [1.807, 2.05) is 6.07 Å². The second-order valence-corrected chi connectivity index (χ2v) is 6.79. The summed E-state index contributed by atoms with van der Waals surface area (Å²) >= 11 is 0. The van der Waals surface area contributed by atoms with Crippen LogP contribution in [0.15, 0.2) is 18.2 Å². The molecule has 0 radical (unpaired) electrons. The van der Waals surface area contributed by atoms with E-state index in [4.69, 9.17) is 4.74 Å². The van der Waals surface area contributed by atoms with Gasteiger partial charge in [-0.1, -0.05) is 19.9 Å². The Morgan fingerprint density at radius 2 is 2.14 bits per heavy atom. The summed E-state index contributed by atoms with van der Waals surface area (Å²) in [6.07, 6.45) is 0. The maximum Gasteiger partial charge on any atom is 0.129 e. The molecule has 1 aromatic carbocycles. The average Bonchev–Trinajstić information content (AvgIpc) is 2.39. The second kappa shape index (κ2) is 6.75. The molecule has 0 aliphatic carbocycles. The maximum absolute atomic E-state index is 14.2. The molecule has 0 aromatic heterocycles. The van der Waals surface area contributed by atoms with E-state index >= 15 is 0 Å². The first-order valence-corrected chi connectivity index (χ1v) is 7.76. The predicted octanol–water partition coefficient (Wildman–Crippen LogP) is 3.19. The van der Waals surface area contributed by atoms with Crippen LogP contribution < -0.4 is 10.2 Å². The van der Waals surface area contributed by atoms with Gasteiger partial charge in [0.2, 0.25) is 0 Å². The van der Waals surface area contributed by atoms with E-state index < -0.39 is 0 Å². The van der Waals surface area contributed by atoms with E-state index in [1.54, 1.807) is 12.1 Å². The summed E-state index contributed by atoms with van der Waals surface area (Å²) in [7, 11) is 0. The van der Waals surface area contributed by atoms with Gasteiger partial charge in [0, 0.05) is 30.9 Å². The Kier molecular flexibility index (Phi) is 5.22. The van der Waals surface area contributed by atoms with Crippen molar-refractivity contribution in [2.45, 2.75) is 39.8 Å². The number of ether oxygens (including phenoxy) is 1. The molecule has 1 aliphatic heterocycles. The minimum atomic E-state index is -0.187. The molecule has 0 amide bonds. The molecule has 1 N–H and O–H groups in total. The van der Waals surface area contributed by atoms with Crippen LogP contribution in [0.2, 0.25) is 0 Å². The topological polar surface area (TPSA) is 24.5 Å². The molecule has 4 heteroatoms. The maximum atomic E-state index is 14.2. The third-order valence-corrected chi connectivity index (χ3v) is 3.71. The molecule has 1 aliphatic rings. The second-order valence-electron chi connectivity index (χ2n) is 6.79. The molecule has 1 saturated heterocycles. The van der Waals surface area contributed by atoms with Crippen LogP contribution >= 0.6 is 0 Å². The molecule has 118 valence electrons. The lowest BCUT2D eigenvalue weighted by atomic mass is 10.0. The van der Waals surface area contributed by atoms with E-state index in [0.717, 1.165) is 30.9 Å². The van der Waals surface area contributed by atoms with Gasteiger partial charge >= 0.3 is 0 Å². The lowest BCUT2D eigenvalue weighted by Gasteiger charge is -2.40. The van der Waals surface area contributed by atoms with Gasteiger partial charge in [-0.3, -0.25) is 0 Å². The highest BCUT2D eigenvalue weighted by molar-refractivity contribution is 5.55. The molecule has 0 saturated carbocycles. The van der Waals surface area contributed by atoms with Crippen LogP contribution in [-0.2, 0) is 11.3 Å². The van der Waals surface area contributed by atoms with Crippen molar-refractivity contribution in [3.05, 3.63) is 29.6 Å². The van der Waals surface area contributed by atoms with Crippen molar-refractivity contribution in [3.8, 4) is 0 Å². The zero-order chi connectivity index (χ0) is 15.5. The van der Waals surface area contributed by atoms with Crippen LogP contribution in [0.3, 0.4) is 0 Å². The fraction of sp³-hybridized carbons (Fsp3) is 0.647. The van der Waals surface area contributed by atoms with Crippen LogP contribution in [0, 0.1) is 11.7 Å². The Hall–Kier alpha value is -1.13. The molecule has 2 rings (SSSR count). The summed E-state index contributed by atoms with van der Waals surface area (Å²) in [5.41, 5.74) is 1.56. The van der Waals surface area contributed by atoms with Crippen molar-refractivity contribution >= 4 is 5.69 Å². The van der Waals surface area contributed by atoms with Gasteiger partial charge in [0.1, 0.15) is 5.82 Å². The van der Waals surface area contributed by atoms with E-state index in [1.165, 1.54) is 0 Å². The monoisotopic (exact) mass is 294 g/mol. The number of nitrogens with zero attached hydrogens (tertiary/aromatic N) is 1. The minimum Gasteiger partial charge on any atom is -0.372 e. The highest BCUT2D eigenvalue weighted by Crippen LogP contribution is 2.28. The fourth-order valence-corrected chi connectivity index (χ4v) is 2.73. The van der Waals surface area contributed by atoms with Gasteiger partial charge in [-0.15, -0.1) is 0 Å².